The van der Waals surface area contributed by atoms with E-state index in [1.807, 2.05) is 60.7 Å². The lowest BCUT2D eigenvalue weighted by Crippen LogP contribution is -2.36. The van der Waals surface area contributed by atoms with E-state index < -0.39 is 0 Å². The monoisotopic (exact) mass is 352 g/mol. The van der Waals surface area contributed by atoms with Crippen molar-refractivity contribution in [3.05, 3.63) is 66.2 Å². The van der Waals surface area contributed by atoms with Crippen molar-refractivity contribution < 1.29 is 9.59 Å². The number of carbonyl (C=O) groups excluding carboxylic acids is 2. The Morgan fingerprint density at radius 3 is 2.08 bits per heavy atom. The quantitative estimate of drug-likeness (QED) is 0.676. The molecule has 0 atom stereocenters. The second-order valence-corrected chi connectivity index (χ2v) is 6.41. The molecule has 0 radical (unpaired) electrons. The summed E-state index contributed by atoms with van der Waals surface area (Å²) in [5, 5.41) is 0. The van der Waals surface area contributed by atoms with E-state index >= 15 is 0 Å². The van der Waals surface area contributed by atoms with Crippen molar-refractivity contribution in [3.8, 4) is 0 Å². The Labute approximate surface area is 156 Å². The molecular formula is C22H28N2O2. The molecule has 2 aromatic rings. The number of anilines is 1. The van der Waals surface area contributed by atoms with Crippen LogP contribution in [0.1, 0.15) is 38.7 Å². The van der Waals surface area contributed by atoms with Gasteiger partial charge in [-0.15, -0.1) is 0 Å². The molecule has 0 saturated heterocycles. The molecule has 0 heterocycles. The molecule has 4 nitrogen and oxygen atoms in total. The minimum atomic E-state index is 0.0283. The number of hydrogen-bond donors (Lipinski definition) is 0. The van der Waals surface area contributed by atoms with Crippen LogP contribution in [0.4, 0.5) is 5.69 Å². The maximum absolute atomic E-state index is 12.9. The molecule has 2 amide bonds. The summed E-state index contributed by atoms with van der Waals surface area (Å²) >= 11 is 0. The molecule has 0 bridgehead atoms. The van der Waals surface area contributed by atoms with Gasteiger partial charge in [0, 0.05) is 32.1 Å². The van der Waals surface area contributed by atoms with Crippen LogP contribution >= 0.6 is 0 Å². The molecule has 0 saturated carbocycles. The van der Waals surface area contributed by atoms with E-state index in [0.29, 0.717) is 26.1 Å². The SMILES string of the molecule is CCCCN(CCC(=O)N(Cc1ccccc1)c1ccccc1)C(C)=O. The highest BCUT2D eigenvalue weighted by Crippen LogP contribution is 2.18. The fourth-order valence-electron chi connectivity index (χ4n) is 2.84. The maximum atomic E-state index is 12.9. The topological polar surface area (TPSA) is 40.6 Å². The smallest absolute Gasteiger partial charge is 0.229 e. The van der Waals surface area contributed by atoms with Crippen LogP contribution in [0.5, 0.6) is 0 Å². The average molecular weight is 352 g/mol. The van der Waals surface area contributed by atoms with Gasteiger partial charge in [0.25, 0.3) is 0 Å². The molecule has 4 heteroatoms. The third-order valence-electron chi connectivity index (χ3n) is 4.37. The molecular weight excluding hydrogens is 324 g/mol. The van der Waals surface area contributed by atoms with Gasteiger partial charge in [-0.25, -0.2) is 0 Å². The van der Waals surface area contributed by atoms with E-state index in [2.05, 4.69) is 6.92 Å². The molecule has 0 fully saturated rings. The summed E-state index contributed by atoms with van der Waals surface area (Å²) in [5.74, 6) is 0.0587. The second kappa shape index (κ2) is 10.4. The Morgan fingerprint density at radius 2 is 1.50 bits per heavy atom. The van der Waals surface area contributed by atoms with Crippen molar-refractivity contribution in [2.75, 3.05) is 18.0 Å². The minimum Gasteiger partial charge on any atom is -0.342 e. The molecule has 0 aliphatic heterocycles. The van der Waals surface area contributed by atoms with Gasteiger partial charge in [-0.1, -0.05) is 61.9 Å². The van der Waals surface area contributed by atoms with Crippen molar-refractivity contribution in [1.29, 1.82) is 0 Å². The van der Waals surface area contributed by atoms with Crippen molar-refractivity contribution in [2.45, 2.75) is 39.7 Å². The van der Waals surface area contributed by atoms with E-state index in [9.17, 15) is 9.59 Å². The normalized spacial score (nSPS) is 10.4. The van der Waals surface area contributed by atoms with Crippen LogP contribution in [0.3, 0.4) is 0 Å². The highest BCUT2D eigenvalue weighted by molar-refractivity contribution is 5.93. The standard InChI is InChI=1S/C22H28N2O2/c1-3-4-16-23(19(2)25)17-15-22(26)24(21-13-9-6-10-14-21)18-20-11-7-5-8-12-20/h5-14H,3-4,15-18H2,1-2H3. The predicted molar refractivity (Wildman–Crippen MR) is 106 cm³/mol. The Morgan fingerprint density at radius 1 is 0.885 bits per heavy atom. The fraction of sp³-hybridized carbons (Fsp3) is 0.364. The van der Waals surface area contributed by atoms with Gasteiger partial charge in [-0.2, -0.15) is 0 Å². The number of rotatable bonds is 9. The summed E-state index contributed by atoms with van der Waals surface area (Å²) in [7, 11) is 0. The van der Waals surface area contributed by atoms with Gasteiger partial charge in [-0.3, -0.25) is 9.59 Å². The third-order valence-corrected chi connectivity index (χ3v) is 4.37. The molecule has 0 aromatic heterocycles. The van der Waals surface area contributed by atoms with Crippen LogP contribution in [0.25, 0.3) is 0 Å². The van der Waals surface area contributed by atoms with Gasteiger partial charge >= 0.3 is 0 Å². The number of hydrogen-bond acceptors (Lipinski definition) is 2. The van der Waals surface area contributed by atoms with Crippen LogP contribution < -0.4 is 4.90 Å². The molecule has 138 valence electrons. The summed E-state index contributed by atoms with van der Waals surface area (Å²) in [5.41, 5.74) is 1.96. The van der Waals surface area contributed by atoms with Gasteiger partial charge in [0.15, 0.2) is 0 Å². The number of para-hydroxylation sites is 1. The summed E-state index contributed by atoms with van der Waals surface area (Å²) in [4.78, 5) is 28.3. The van der Waals surface area contributed by atoms with E-state index in [0.717, 1.165) is 24.1 Å². The van der Waals surface area contributed by atoms with Gasteiger partial charge in [0.05, 0.1) is 6.54 Å². The number of benzene rings is 2. The molecule has 0 unspecified atom stereocenters. The number of nitrogens with zero attached hydrogens (tertiary/aromatic N) is 2. The van der Waals surface area contributed by atoms with Crippen molar-refractivity contribution in [2.24, 2.45) is 0 Å². The first-order valence-corrected chi connectivity index (χ1v) is 9.26. The molecule has 0 aliphatic rings. The van der Waals surface area contributed by atoms with E-state index in [1.54, 1.807) is 16.7 Å². The molecule has 2 rings (SSSR count). The van der Waals surface area contributed by atoms with Crippen LogP contribution in [-0.4, -0.2) is 29.8 Å². The zero-order valence-corrected chi connectivity index (χ0v) is 15.7. The lowest BCUT2D eigenvalue weighted by Gasteiger charge is -2.26. The van der Waals surface area contributed by atoms with Gasteiger partial charge < -0.3 is 9.80 Å². The first kappa shape index (κ1) is 19.7. The van der Waals surface area contributed by atoms with Crippen LogP contribution in [0.2, 0.25) is 0 Å². The summed E-state index contributed by atoms with van der Waals surface area (Å²) in [6.45, 7) is 5.37. The van der Waals surface area contributed by atoms with Crippen LogP contribution in [0, 0.1) is 0 Å². The zero-order chi connectivity index (χ0) is 18.8. The Kier molecular flexibility index (Phi) is 7.87. The fourth-order valence-corrected chi connectivity index (χ4v) is 2.84. The van der Waals surface area contributed by atoms with Crippen molar-refractivity contribution in [1.82, 2.24) is 4.90 Å². The van der Waals surface area contributed by atoms with E-state index in [1.165, 1.54) is 0 Å². The highest BCUT2D eigenvalue weighted by Gasteiger charge is 2.18. The zero-order valence-electron chi connectivity index (χ0n) is 15.7. The number of amides is 2. The minimum absolute atomic E-state index is 0.0283. The maximum Gasteiger partial charge on any atom is 0.229 e. The average Bonchev–Trinajstić information content (AvgIpc) is 2.67. The second-order valence-electron chi connectivity index (χ2n) is 6.41. The highest BCUT2D eigenvalue weighted by atomic mass is 16.2. The largest absolute Gasteiger partial charge is 0.342 e. The Bertz CT molecular complexity index is 686. The van der Waals surface area contributed by atoms with Gasteiger partial charge in [-0.05, 0) is 24.1 Å². The van der Waals surface area contributed by atoms with Crippen molar-refractivity contribution in [3.63, 3.8) is 0 Å². The lowest BCUT2D eigenvalue weighted by atomic mass is 10.1. The third kappa shape index (κ3) is 6.03. The summed E-state index contributed by atoms with van der Waals surface area (Å²) in [6.07, 6.45) is 2.31. The summed E-state index contributed by atoms with van der Waals surface area (Å²) in [6, 6.07) is 19.7. The number of carbonyl (C=O) groups is 2. The van der Waals surface area contributed by atoms with Crippen LogP contribution in [-0.2, 0) is 16.1 Å². The van der Waals surface area contributed by atoms with Crippen LogP contribution in [0.15, 0.2) is 60.7 Å². The molecule has 0 aliphatic carbocycles. The molecule has 26 heavy (non-hydrogen) atoms. The van der Waals surface area contributed by atoms with Gasteiger partial charge in [0.2, 0.25) is 11.8 Å². The van der Waals surface area contributed by atoms with E-state index in [4.69, 9.17) is 0 Å². The predicted octanol–water partition coefficient (Wildman–Crippen LogP) is 4.26. The molecule has 0 spiro atoms. The van der Waals surface area contributed by atoms with Gasteiger partial charge in [0.1, 0.15) is 0 Å². The van der Waals surface area contributed by atoms with E-state index in [-0.39, 0.29) is 11.8 Å². The molecule has 2 aromatic carbocycles. The molecule has 0 N–H and O–H groups in total. The first-order valence-electron chi connectivity index (χ1n) is 9.26. The number of unbranched alkanes of at least 4 members (excludes halogenated alkanes) is 1. The Balaban J connectivity index is 2.09. The lowest BCUT2D eigenvalue weighted by molar-refractivity contribution is -0.129. The summed E-state index contributed by atoms with van der Waals surface area (Å²) < 4.78 is 0. The van der Waals surface area contributed by atoms with Crippen molar-refractivity contribution >= 4 is 17.5 Å². The first-order chi connectivity index (χ1) is 12.6. The Hall–Kier alpha value is -2.62.